The van der Waals surface area contributed by atoms with Gasteiger partial charge in [-0.2, -0.15) is 0 Å². The number of hydrogen-bond donors (Lipinski definition) is 12. The summed E-state index contributed by atoms with van der Waals surface area (Å²) in [7, 11) is -4.07. The first-order valence-electron chi connectivity index (χ1n) is 22.4. The van der Waals surface area contributed by atoms with Crippen molar-refractivity contribution in [1.82, 2.24) is 35.6 Å². The maximum atomic E-state index is 14.2. The molecule has 29 nitrogen and oxygen atoms in total. The number of carboxylic acid groups (broad SMARTS) is 8. The number of benzene rings is 3. The van der Waals surface area contributed by atoms with Crippen LogP contribution in [0.4, 0.5) is 0 Å². The number of sulfonamides is 1. The molecule has 1 atom stereocenters. The molecule has 0 unspecified atom stereocenters. The molecule has 31 heteroatoms. The molecule has 13 N–H and O–H groups in total. The zero-order valence-corrected chi connectivity index (χ0v) is 42.4. The van der Waals surface area contributed by atoms with Gasteiger partial charge in [0.2, 0.25) is 15.9 Å². The number of aliphatic carboxylic acids is 8. The summed E-state index contributed by atoms with van der Waals surface area (Å²) in [6, 6.07) is 11.5. The van der Waals surface area contributed by atoms with Crippen LogP contribution >= 0.6 is 0 Å². The van der Waals surface area contributed by atoms with Gasteiger partial charge >= 0.3 is 64.8 Å². The fourth-order valence-electron chi connectivity index (χ4n) is 7.62. The Morgan fingerprint density at radius 1 is 0.455 bits per heavy atom. The first-order chi connectivity index (χ1) is 35.5. The van der Waals surface area contributed by atoms with Gasteiger partial charge in [0, 0.05) is 50.4 Å². The van der Waals surface area contributed by atoms with E-state index in [1.807, 2.05) is 0 Å². The van der Waals surface area contributed by atoms with E-state index >= 15 is 0 Å². The van der Waals surface area contributed by atoms with Gasteiger partial charge in [0.05, 0.1) is 57.3 Å². The van der Waals surface area contributed by atoms with Crippen molar-refractivity contribution >= 4 is 75.5 Å². The van der Waals surface area contributed by atoms with Gasteiger partial charge in [0.15, 0.2) is 0 Å². The van der Waals surface area contributed by atoms with Crippen LogP contribution in [0.15, 0.2) is 65.6 Å². The summed E-state index contributed by atoms with van der Waals surface area (Å²) in [5.41, 5.74) is 0.694. The quantitative estimate of drug-likeness (QED) is 0.0220. The molecule has 3 amide bonds. The van der Waals surface area contributed by atoms with Crippen molar-refractivity contribution in [2.24, 2.45) is 5.14 Å². The Kier molecular flexibility index (Phi) is 26.4. The number of primary sulfonamides is 1. The van der Waals surface area contributed by atoms with Gasteiger partial charge in [0.1, 0.15) is 6.04 Å². The number of nitrogens with zero attached hydrogens (tertiary/aromatic N) is 4. The molecule has 0 fully saturated rings. The molecule has 1 radical (unpaired) electrons. The normalized spacial score (nSPS) is 11.6. The maximum absolute atomic E-state index is 14.2. The molecular weight excluding hydrogens is 1100 g/mol. The Morgan fingerprint density at radius 3 is 1.06 bits per heavy atom. The summed E-state index contributed by atoms with van der Waals surface area (Å²) in [4.78, 5) is 138. The number of rotatable bonds is 35. The molecule has 0 spiro atoms. The summed E-state index contributed by atoms with van der Waals surface area (Å²) in [6.45, 7) is -7.92. The second-order valence-corrected chi connectivity index (χ2v) is 18.7. The molecule has 3 rings (SSSR count). The standard InChI is InChI=1S/C46H56N8O21S.Cu/c47-76(74,75)34-5-3-27(4-6-34)14-49-46(73)35(50-45(72)33-12-30(17-53(23-40(63)64)24-41(65)66)9-31(13-33)18-54(25-42(67)68)26-43(69)70)2-1-7-48-44(71)32-10-28(15-51(19-36(55)56)20-37(57)58)8-29(11-32)16-52(21-38(59)60)22-39(61)62;/h3-6,8-13,35H,1-2,7,14-26H2,(H,48,71)(H,49,73)(H,50,72)(H,55,56)(H,57,58)(H,59,60)(H,61,62)(H,63,64)(H,65,66)(H,67,68)(H,69,70)(H2,47,74,75);/q;+2/t35-;/m0./s1. The summed E-state index contributed by atoms with van der Waals surface area (Å²) in [6.07, 6.45) is -0.297. The third kappa shape index (κ3) is 25.5. The Balaban J connectivity index is 0.0000203. The minimum Gasteiger partial charge on any atom is -0.480 e. The second kappa shape index (κ2) is 31.2. The van der Waals surface area contributed by atoms with Crippen LogP contribution in [0.5, 0.6) is 0 Å². The van der Waals surface area contributed by atoms with Gasteiger partial charge in [-0.3, -0.25) is 72.3 Å². The van der Waals surface area contributed by atoms with Crippen LogP contribution in [-0.4, -0.2) is 199 Å². The largest absolute Gasteiger partial charge is 2.00 e. The number of nitrogens with one attached hydrogen (secondary N) is 3. The summed E-state index contributed by atoms with van der Waals surface area (Å²) < 4.78 is 23.6. The van der Waals surface area contributed by atoms with Crippen LogP contribution in [-0.2, 0) is 103 Å². The van der Waals surface area contributed by atoms with Crippen LogP contribution in [0.3, 0.4) is 0 Å². The first kappa shape index (κ1) is 65.2. The molecular formula is C46H56CuN8O21S+2. The number of nitrogens with two attached hydrogens (primary N) is 1. The molecule has 0 heterocycles. The molecule has 3 aromatic rings. The van der Waals surface area contributed by atoms with Crippen molar-refractivity contribution in [3.8, 4) is 0 Å². The smallest absolute Gasteiger partial charge is 0.480 e. The fourth-order valence-corrected chi connectivity index (χ4v) is 8.13. The molecule has 3 aromatic carbocycles. The van der Waals surface area contributed by atoms with Gasteiger partial charge in [-0.1, -0.05) is 24.3 Å². The summed E-state index contributed by atoms with van der Waals surface area (Å²) >= 11 is 0. The van der Waals surface area contributed by atoms with E-state index in [0.717, 1.165) is 19.6 Å². The van der Waals surface area contributed by atoms with Crippen LogP contribution in [0.1, 0.15) is 61.4 Å². The topological polar surface area (TPSA) is 459 Å². The Morgan fingerprint density at radius 2 is 0.766 bits per heavy atom. The Bertz CT molecular complexity index is 2610. The molecule has 0 aromatic heterocycles. The van der Waals surface area contributed by atoms with Crippen molar-refractivity contribution in [3.63, 3.8) is 0 Å². The minimum atomic E-state index is -4.07. The average Bonchev–Trinajstić information content (AvgIpc) is 3.26. The molecule has 421 valence electrons. The van der Waals surface area contributed by atoms with E-state index in [0.29, 0.717) is 5.56 Å². The van der Waals surface area contributed by atoms with E-state index in [4.69, 9.17) is 5.14 Å². The zero-order valence-electron chi connectivity index (χ0n) is 40.6. The monoisotopic (exact) mass is 1150 g/mol. The number of carbonyl (C=O) groups excluding carboxylic acids is 3. The molecule has 0 aliphatic carbocycles. The third-order valence-electron chi connectivity index (χ3n) is 10.4. The molecule has 0 saturated carbocycles. The summed E-state index contributed by atoms with van der Waals surface area (Å²) in [5.74, 6) is -13.7. The van der Waals surface area contributed by atoms with Crippen LogP contribution < -0.4 is 21.1 Å². The zero-order chi connectivity index (χ0) is 56.9. The fraction of sp³-hybridized carbons (Fsp3) is 0.370. The number of amides is 3. The van der Waals surface area contributed by atoms with E-state index in [1.165, 1.54) is 60.7 Å². The van der Waals surface area contributed by atoms with Gasteiger partial charge < -0.3 is 56.8 Å². The van der Waals surface area contributed by atoms with Crippen molar-refractivity contribution < 1.29 is 119 Å². The van der Waals surface area contributed by atoms with Gasteiger partial charge in [0.25, 0.3) is 11.8 Å². The molecule has 0 bridgehead atoms. The Labute approximate surface area is 448 Å². The number of hydrogen-bond acceptors (Lipinski definition) is 17. The summed E-state index contributed by atoms with van der Waals surface area (Å²) in [5, 5.41) is 88.4. The maximum Gasteiger partial charge on any atom is 2.00 e. The van der Waals surface area contributed by atoms with Crippen molar-refractivity contribution in [2.75, 3.05) is 58.9 Å². The second-order valence-electron chi connectivity index (χ2n) is 17.1. The van der Waals surface area contributed by atoms with Crippen molar-refractivity contribution in [3.05, 3.63) is 99.6 Å². The predicted octanol–water partition coefficient (Wildman–Crippen LogP) is -2.16. The first-order valence-corrected chi connectivity index (χ1v) is 24.0. The molecule has 0 aliphatic rings. The van der Waals surface area contributed by atoms with E-state index in [1.54, 1.807) is 0 Å². The van der Waals surface area contributed by atoms with Gasteiger partial charge in [-0.25, -0.2) is 13.6 Å². The predicted molar refractivity (Wildman–Crippen MR) is 258 cm³/mol. The molecule has 0 saturated heterocycles. The number of carboxylic acids is 8. The van der Waals surface area contributed by atoms with Crippen LogP contribution in [0.2, 0.25) is 0 Å². The molecule has 0 aliphatic heterocycles. The van der Waals surface area contributed by atoms with Gasteiger partial charge in [-0.15, -0.1) is 0 Å². The van der Waals surface area contributed by atoms with Gasteiger partial charge in [-0.05, 0) is 77.1 Å². The van der Waals surface area contributed by atoms with Crippen LogP contribution in [0, 0.1) is 0 Å². The van der Waals surface area contributed by atoms with E-state index < -0.39 is 147 Å². The minimum absolute atomic E-state index is 0. The Hall–Kier alpha value is -7.90. The van der Waals surface area contributed by atoms with Crippen molar-refractivity contribution in [1.29, 1.82) is 0 Å². The van der Waals surface area contributed by atoms with E-state index in [9.17, 15) is 102 Å². The van der Waals surface area contributed by atoms with Crippen LogP contribution in [0.25, 0.3) is 0 Å². The van der Waals surface area contributed by atoms with E-state index in [-0.39, 0.29) is 94.4 Å². The number of carbonyl (C=O) groups is 11. The SMILES string of the molecule is NS(=O)(=O)c1ccc(CNC(=O)[C@H](CCCNC(=O)c2cc(CN(CC(=O)O)CC(=O)O)cc(CN(CC(=O)O)CC(=O)O)c2)NC(=O)c2cc(CN(CC(=O)O)CC(=O)O)cc(CN(CC(=O)O)CC(=O)O)c2)cc1.[Cu+2]. The molecule has 77 heavy (non-hydrogen) atoms. The van der Waals surface area contributed by atoms with E-state index in [2.05, 4.69) is 16.0 Å². The van der Waals surface area contributed by atoms with Crippen molar-refractivity contribution in [2.45, 2.75) is 56.5 Å². The average molecular weight is 1150 g/mol. The third-order valence-corrected chi connectivity index (χ3v) is 11.4.